The zero-order valence-electron chi connectivity index (χ0n) is 16.4. The summed E-state index contributed by atoms with van der Waals surface area (Å²) in [6, 6.07) is 4.59. The Hall–Kier alpha value is -1.86. The molecule has 0 saturated carbocycles. The zero-order chi connectivity index (χ0) is 21.7. The van der Waals surface area contributed by atoms with Gasteiger partial charge in [0.2, 0.25) is 15.9 Å². The SMILES string of the molecule is Cc1c(Nc2ccc(I)cc2F)c(NS(=O)(=O)CC2(C)COC2)c2n(c1=O)CCO2. The first kappa shape index (κ1) is 21.4. The number of nitrogens with zero attached hydrogens (tertiary/aromatic N) is 1. The number of ether oxygens (including phenoxy) is 2. The van der Waals surface area contributed by atoms with E-state index in [4.69, 9.17) is 9.47 Å². The molecule has 1 saturated heterocycles. The van der Waals surface area contributed by atoms with E-state index in [0.717, 1.165) is 0 Å². The monoisotopic (exact) mass is 549 g/mol. The molecule has 2 aliphatic rings. The number of benzene rings is 1. The first-order chi connectivity index (χ1) is 14.1. The number of sulfonamides is 1. The summed E-state index contributed by atoms with van der Waals surface area (Å²) in [6.45, 7) is 4.67. The molecule has 8 nitrogen and oxygen atoms in total. The molecule has 0 radical (unpaired) electrons. The summed E-state index contributed by atoms with van der Waals surface area (Å²) >= 11 is 1.99. The molecule has 1 aromatic carbocycles. The number of rotatable bonds is 6. The molecule has 0 bridgehead atoms. The van der Waals surface area contributed by atoms with Crippen molar-refractivity contribution in [3.05, 3.63) is 43.5 Å². The van der Waals surface area contributed by atoms with E-state index in [9.17, 15) is 17.6 Å². The number of aromatic nitrogens is 1. The molecule has 11 heteroatoms. The number of hydrogen-bond acceptors (Lipinski definition) is 6. The molecule has 0 atom stereocenters. The lowest BCUT2D eigenvalue weighted by Crippen LogP contribution is -2.46. The van der Waals surface area contributed by atoms with Crippen LogP contribution < -0.4 is 20.3 Å². The molecule has 4 rings (SSSR count). The fourth-order valence-electron chi connectivity index (χ4n) is 3.58. The van der Waals surface area contributed by atoms with Crippen LogP contribution in [0.5, 0.6) is 5.88 Å². The zero-order valence-corrected chi connectivity index (χ0v) is 19.4. The molecule has 0 amide bonds. The predicted molar refractivity (Wildman–Crippen MR) is 120 cm³/mol. The summed E-state index contributed by atoms with van der Waals surface area (Å²) in [5.74, 6) is -0.539. The van der Waals surface area contributed by atoms with E-state index in [-0.39, 0.29) is 46.4 Å². The quantitative estimate of drug-likeness (QED) is 0.538. The van der Waals surface area contributed by atoms with Crippen molar-refractivity contribution in [2.75, 3.05) is 35.6 Å². The highest BCUT2D eigenvalue weighted by molar-refractivity contribution is 14.1. The van der Waals surface area contributed by atoms with Crippen molar-refractivity contribution in [1.82, 2.24) is 4.57 Å². The van der Waals surface area contributed by atoms with E-state index < -0.39 is 21.3 Å². The lowest BCUT2D eigenvalue weighted by Gasteiger charge is -2.37. The Morgan fingerprint density at radius 3 is 2.67 bits per heavy atom. The van der Waals surface area contributed by atoms with Gasteiger partial charge in [-0.3, -0.25) is 14.1 Å². The summed E-state index contributed by atoms with van der Waals surface area (Å²) < 4.78 is 55.7. The van der Waals surface area contributed by atoms with Crippen molar-refractivity contribution in [1.29, 1.82) is 0 Å². The molecule has 0 aliphatic carbocycles. The number of fused-ring (bicyclic) bond motifs is 1. The van der Waals surface area contributed by atoms with E-state index >= 15 is 0 Å². The first-order valence-electron chi connectivity index (χ1n) is 9.29. The lowest BCUT2D eigenvalue weighted by atomic mass is 9.92. The number of hydrogen-bond donors (Lipinski definition) is 2. The Kier molecular flexibility index (Phi) is 5.47. The van der Waals surface area contributed by atoms with Gasteiger partial charge < -0.3 is 14.8 Å². The van der Waals surface area contributed by atoms with Gasteiger partial charge in [-0.2, -0.15) is 0 Å². The maximum atomic E-state index is 14.5. The summed E-state index contributed by atoms with van der Waals surface area (Å²) in [5.41, 5.74) is -0.137. The lowest BCUT2D eigenvalue weighted by molar-refractivity contribution is -0.0869. The maximum absolute atomic E-state index is 14.5. The van der Waals surface area contributed by atoms with Crippen LogP contribution in [0.25, 0.3) is 0 Å². The fourth-order valence-corrected chi connectivity index (χ4v) is 5.69. The van der Waals surface area contributed by atoms with Gasteiger partial charge in [-0.25, -0.2) is 12.8 Å². The van der Waals surface area contributed by atoms with Gasteiger partial charge >= 0.3 is 0 Å². The van der Waals surface area contributed by atoms with Crippen LogP contribution in [0.15, 0.2) is 23.0 Å². The molecule has 0 spiro atoms. The molecule has 2 aromatic rings. The predicted octanol–water partition coefficient (Wildman–Crippen LogP) is 2.81. The van der Waals surface area contributed by atoms with E-state index in [1.165, 1.54) is 16.7 Å². The Labute approximate surface area is 187 Å². The van der Waals surface area contributed by atoms with Crippen molar-refractivity contribution in [2.24, 2.45) is 5.41 Å². The molecule has 2 N–H and O–H groups in total. The number of nitrogens with one attached hydrogen (secondary N) is 2. The van der Waals surface area contributed by atoms with Crippen molar-refractivity contribution in [3.8, 4) is 5.88 Å². The van der Waals surface area contributed by atoms with E-state index in [2.05, 4.69) is 10.0 Å². The molecule has 2 aliphatic heterocycles. The fraction of sp³-hybridized carbons (Fsp3) is 0.421. The minimum Gasteiger partial charge on any atom is -0.475 e. The van der Waals surface area contributed by atoms with Crippen LogP contribution in [0.3, 0.4) is 0 Å². The smallest absolute Gasteiger partial charge is 0.258 e. The Balaban J connectivity index is 1.79. The summed E-state index contributed by atoms with van der Waals surface area (Å²) in [7, 11) is -3.80. The minimum absolute atomic E-state index is 0.103. The minimum atomic E-state index is -3.80. The van der Waals surface area contributed by atoms with E-state index in [0.29, 0.717) is 23.3 Å². The Morgan fingerprint density at radius 2 is 2.03 bits per heavy atom. The van der Waals surface area contributed by atoms with Crippen LogP contribution in [0, 0.1) is 21.7 Å². The summed E-state index contributed by atoms with van der Waals surface area (Å²) in [5, 5.41) is 2.90. The highest BCUT2D eigenvalue weighted by Crippen LogP contribution is 2.39. The van der Waals surface area contributed by atoms with Crippen LogP contribution in [0.1, 0.15) is 12.5 Å². The van der Waals surface area contributed by atoms with Gasteiger partial charge in [-0.1, -0.05) is 6.92 Å². The van der Waals surface area contributed by atoms with Crippen molar-refractivity contribution < 1.29 is 22.3 Å². The topological polar surface area (TPSA) is 98.7 Å². The van der Waals surface area contributed by atoms with Crippen LogP contribution in [-0.4, -0.2) is 38.6 Å². The summed E-state index contributed by atoms with van der Waals surface area (Å²) in [6.07, 6.45) is 0. The number of halogens is 2. The second-order valence-electron chi connectivity index (χ2n) is 7.90. The second kappa shape index (κ2) is 7.68. The average molecular weight is 549 g/mol. The third-order valence-electron chi connectivity index (χ3n) is 5.09. The van der Waals surface area contributed by atoms with E-state index in [1.54, 1.807) is 13.0 Å². The van der Waals surface area contributed by atoms with Gasteiger partial charge in [0.1, 0.15) is 18.1 Å². The third kappa shape index (κ3) is 4.02. The van der Waals surface area contributed by atoms with E-state index in [1.807, 2.05) is 29.5 Å². The Bertz CT molecular complexity index is 1180. The van der Waals surface area contributed by atoms with Crippen LogP contribution in [-0.2, 0) is 21.3 Å². The highest BCUT2D eigenvalue weighted by Gasteiger charge is 2.39. The van der Waals surface area contributed by atoms with Crippen LogP contribution >= 0.6 is 22.6 Å². The van der Waals surface area contributed by atoms with Gasteiger partial charge in [0.05, 0.1) is 36.9 Å². The molecule has 0 unspecified atom stereocenters. The Morgan fingerprint density at radius 1 is 1.30 bits per heavy atom. The van der Waals surface area contributed by atoms with Gasteiger partial charge in [0.25, 0.3) is 5.56 Å². The largest absolute Gasteiger partial charge is 0.475 e. The van der Waals surface area contributed by atoms with Crippen molar-refractivity contribution in [2.45, 2.75) is 20.4 Å². The molecule has 3 heterocycles. The molecular weight excluding hydrogens is 528 g/mol. The summed E-state index contributed by atoms with van der Waals surface area (Å²) in [4.78, 5) is 12.8. The maximum Gasteiger partial charge on any atom is 0.258 e. The first-order valence-corrected chi connectivity index (χ1v) is 12.0. The molecule has 162 valence electrons. The van der Waals surface area contributed by atoms with Gasteiger partial charge in [0, 0.05) is 14.5 Å². The highest BCUT2D eigenvalue weighted by atomic mass is 127. The van der Waals surface area contributed by atoms with Crippen molar-refractivity contribution in [3.63, 3.8) is 0 Å². The number of anilines is 3. The van der Waals surface area contributed by atoms with Crippen molar-refractivity contribution >= 4 is 49.7 Å². The molecule has 1 aromatic heterocycles. The molecule has 1 fully saturated rings. The van der Waals surface area contributed by atoms with Gasteiger partial charge in [-0.15, -0.1) is 0 Å². The second-order valence-corrected chi connectivity index (χ2v) is 10.9. The normalized spacial score (nSPS) is 17.1. The average Bonchev–Trinajstić information content (AvgIpc) is 3.12. The van der Waals surface area contributed by atoms with Gasteiger partial charge in [-0.05, 0) is 47.7 Å². The standard InChI is InChI=1S/C19H21FIN3O5S/c1-11-15(22-14-4-3-12(21)7-13(14)20)16(18-24(17(11)25)5-6-29-18)23-30(26,27)10-19(2)8-28-9-19/h3-4,7,22-23H,5-6,8-10H2,1-2H3. The third-order valence-corrected chi connectivity index (χ3v) is 7.35. The molecular formula is C19H21FIN3O5S. The number of pyridine rings is 1. The van der Waals surface area contributed by atoms with Crippen LogP contribution in [0.2, 0.25) is 0 Å². The van der Waals surface area contributed by atoms with Crippen LogP contribution in [0.4, 0.5) is 21.5 Å². The van der Waals surface area contributed by atoms with Gasteiger partial charge in [0.15, 0.2) is 0 Å². The molecule has 30 heavy (non-hydrogen) atoms.